The summed E-state index contributed by atoms with van der Waals surface area (Å²) < 4.78 is 6.75. The Kier molecular flexibility index (Phi) is 5.38. The first-order valence-electron chi connectivity index (χ1n) is 7.43. The molecule has 0 amide bonds. The van der Waals surface area contributed by atoms with Crippen LogP contribution in [0, 0.1) is 5.92 Å². The molecule has 0 radical (unpaired) electrons. The third-order valence-corrected chi connectivity index (χ3v) is 4.75. The molecule has 1 aliphatic carbocycles. The maximum Gasteiger partial charge on any atom is 0.162 e. The van der Waals surface area contributed by atoms with Crippen LogP contribution in [0.5, 0.6) is 0 Å². The Morgan fingerprint density at radius 2 is 2.15 bits per heavy atom. The van der Waals surface area contributed by atoms with E-state index in [4.69, 9.17) is 9.72 Å². The lowest BCUT2D eigenvalue weighted by molar-refractivity contribution is -0.0596. The molecular formula is C15H24BrN3O. The molecule has 1 fully saturated rings. The predicted octanol–water partition coefficient (Wildman–Crippen LogP) is 4.11. The lowest BCUT2D eigenvalue weighted by Crippen LogP contribution is -2.35. The predicted molar refractivity (Wildman–Crippen MR) is 84.8 cm³/mol. The molecule has 1 saturated carbocycles. The minimum Gasteiger partial charge on any atom is -0.370 e. The van der Waals surface area contributed by atoms with E-state index in [1.54, 1.807) is 7.11 Å². The van der Waals surface area contributed by atoms with Crippen molar-refractivity contribution in [1.29, 1.82) is 0 Å². The average molecular weight is 342 g/mol. The van der Waals surface area contributed by atoms with Gasteiger partial charge in [-0.25, -0.2) is 9.97 Å². The van der Waals surface area contributed by atoms with Crippen molar-refractivity contribution < 1.29 is 4.74 Å². The van der Waals surface area contributed by atoms with E-state index in [9.17, 15) is 0 Å². The van der Waals surface area contributed by atoms with Crippen LogP contribution in [0.2, 0.25) is 0 Å². The quantitative estimate of drug-likeness (QED) is 0.875. The van der Waals surface area contributed by atoms with Gasteiger partial charge in [0, 0.05) is 19.9 Å². The Labute approximate surface area is 129 Å². The molecule has 0 saturated heterocycles. The van der Waals surface area contributed by atoms with Crippen molar-refractivity contribution in [3.05, 3.63) is 16.5 Å². The first-order valence-corrected chi connectivity index (χ1v) is 8.22. The van der Waals surface area contributed by atoms with Gasteiger partial charge in [-0.15, -0.1) is 0 Å². The molecule has 0 unspecified atom stereocenters. The zero-order valence-corrected chi connectivity index (χ0v) is 14.2. The maximum absolute atomic E-state index is 5.84. The van der Waals surface area contributed by atoms with Gasteiger partial charge in [0.05, 0.1) is 4.47 Å². The van der Waals surface area contributed by atoms with Gasteiger partial charge in [0.25, 0.3) is 0 Å². The summed E-state index contributed by atoms with van der Waals surface area (Å²) in [6.45, 7) is 5.35. The van der Waals surface area contributed by atoms with Crippen LogP contribution in [0.15, 0.2) is 10.7 Å². The van der Waals surface area contributed by atoms with E-state index in [0.29, 0.717) is 0 Å². The molecule has 1 N–H and O–H groups in total. The molecule has 2 rings (SSSR count). The van der Waals surface area contributed by atoms with E-state index in [2.05, 4.69) is 40.1 Å². The number of hydrogen-bond donors (Lipinski definition) is 1. The van der Waals surface area contributed by atoms with Gasteiger partial charge in [-0.2, -0.15) is 0 Å². The molecule has 5 heteroatoms. The number of methoxy groups -OCH3 is 1. The van der Waals surface area contributed by atoms with Gasteiger partial charge in [0.1, 0.15) is 11.4 Å². The summed E-state index contributed by atoms with van der Waals surface area (Å²) in [7, 11) is 1.78. The number of aromatic nitrogens is 2. The number of hydrogen-bond acceptors (Lipinski definition) is 4. The molecular weight excluding hydrogens is 318 g/mol. The summed E-state index contributed by atoms with van der Waals surface area (Å²) in [5.41, 5.74) is -0.310. The van der Waals surface area contributed by atoms with Crippen LogP contribution in [-0.2, 0) is 10.3 Å². The number of rotatable bonds is 5. The van der Waals surface area contributed by atoms with Crippen molar-refractivity contribution in [2.45, 2.75) is 51.6 Å². The Morgan fingerprint density at radius 1 is 1.45 bits per heavy atom. The smallest absolute Gasteiger partial charge is 0.162 e. The lowest BCUT2D eigenvalue weighted by Gasteiger charge is -2.37. The van der Waals surface area contributed by atoms with Crippen molar-refractivity contribution in [2.75, 3.05) is 19.0 Å². The van der Waals surface area contributed by atoms with Crippen LogP contribution in [-0.4, -0.2) is 23.6 Å². The highest BCUT2D eigenvalue weighted by Crippen LogP contribution is 2.41. The zero-order chi connectivity index (χ0) is 14.6. The Balaban J connectivity index is 2.25. The molecule has 1 aromatic heterocycles. The summed E-state index contributed by atoms with van der Waals surface area (Å²) in [5, 5.41) is 3.34. The second kappa shape index (κ2) is 6.85. The van der Waals surface area contributed by atoms with E-state index < -0.39 is 0 Å². The highest BCUT2D eigenvalue weighted by Gasteiger charge is 2.38. The van der Waals surface area contributed by atoms with Gasteiger partial charge in [-0.05, 0) is 54.0 Å². The summed E-state index contributed by atoms with van der Waals surface area (Å²) in [6.07, 6.45) is 7.24. The molecule has 0 aromatic carbocycles. The molecule has 112 valence electrons. The van der Waals surface area contributed by atoms with Gasteiger partial charge in [0.15, 0.2) is 5.82 Å². The Hall–Kier alpha value is -0.680. The van der Waals surface area contributed by atoms with Crippen molar-refractivity contribution >= 4 is 21.7 Å². The van der Waals surface area contributed by atoms with Gasteiger partial charge in [0.2, 0.25) is 0 Å². The molecule has 1 aliphatic rings. The summed E-state index contributed by atoms with van der Waals surface area (Å²) in [6, 6.07) is 0. The maximum atomic E-state index is 5.84. The fourth-order valence-electron chi connectivity index (χ4n) is 2.70. The SMILES string of the molecule is CCCNc1nc(C2(OC)CCC(C)CC2)ncc1Br. The molecule has 1 aromatic rings. The van der Waals surface area contributed by atoms with E-state index in [0.717, 1.165) is 47.8 Å². The van der Waals surface area contributed by atoms with Crippen molar-refractivity contribution in [3.8, 4) is 0 Å². The van der Waals surface area contributed by atoms with E-state index in [-0.39, 0.29) is 5.60 Å². The van der Waals surface area contributed by atoms with E-state index in [1.807, 2.05) is 6.20 Å². The Bertz CT molecular complexity index is 445. The number of anilines is 1. The highest BCUT2D eigenvalue weighted by atomic mass is 79.9. The number of ether oxygens (including phenoxy) is 1. The van der Waals surface area contributed by atoms with Gasteiger partial charge < -0.3 is 10.1 Å². The van der Waals surface area contributed by atoms with Crippen molar-refractivity contribution in [2.24, 2.45) is 5.92 Å². The molecule has 0 bridgehead atoms. The summed E-state index contributed by atoms with van der Waals surface area (Å²) in [4.78, 5) is 9.22. The van der Waals surface area contributed by atoms with E-state index in [1.165, 1.54) is 12.8 Å². The Morgan fingerprint density at radius 3 is 2.75 bits per heavy atom. The standard InChI is InChI=1S/C15H24BrN3O/c1-4-9-17-13-12(16)10-18-14(19-13)15(20-3)7-5-11(2)6-8-15/h10-11H,4-9H2,1-3H3,(H,17,18,19). The first kappa shape index (κ1) is 15.7. The zero-order valence-electron chi connectivity index (χ0n) is 12.6. The van der Waals surface area contributed by atoms with Crippen molar-refractivity contribution in [1.82, 2.24) is 9.97 Å². The summed E-state index contributed by atoms with van der Waals surface area (Å²) >= 11 is 3.51. The van der Waals surface area contributed by atoms with Gasteiger partial charge in [-0.1, -0.05) is 13.8 Å². The van der Waals surface area contributed by atoms with Crippen LogP contribution in [0.1, 0.15) is 51.8 Å². The lowest BCUT2D eigenvalue weighted by atomic mass is 9.79. The second-order valence-electron chi connectivity index (χ2n) is 5.70. The van der Waals surface area contributed by atoms with E-state index >= 15 is 0 Å². The topological polar surface area (TPSA) is 47.0 Å². The largest absolute Gasteiger partial charge is 0.370 e. The summed E-state index contributed by atoms with van der Waals surface area (Å²) in [5.74, 6) is 2.45. The highest BCUT2D eigenvalue weighted by molar-refractivity contribution is 9.10. The van der Waals surface area contributed by atoms with Gasteiger partial charge in [-0.3, -0.25) is 0 Å². The van der Waals surface area contributed by atoms with Crippen LogP contribution >= 0.6 is 15.9 Å². The van der Waals surface area contributed by atoms with Crippen LogP contribution in [0.3, 0.4) is 0 Å². The second-order valence-corrected chi connectivity index (χ2v) is 6.55. The molecule has 1 heterocycles. The first-order chi connectivity index (χ1) is 9.61. The monoisotopic (exact) mass is 341 g/mol. The van der Waals surface area contributed by atoms with Crippen molar-refractivity contribution in [3.63, 3.8) is 0 Å². The average Bonchev–Trinajstić information content (AvgIpc) is 2.48. The molecule has 0 spiro atoms. The molecule has 20 heavy (non-hydrogen) atoms. The normalized spacial score (nSPS) is 26.5. The molecule has 4 nitrogen and oxygen atoms in total. The number of nitrogens with one attached hydrogen (secondary N) is 1. The van der Waals surface area contributed by atoms with Crippen LogP contribution < -0.4 is 5.32 Å². The third kappa shape index (κ3) is 3.31. The number of halogens is 1. The molecule has 0 atom stereocenters. The van der Waals surface area contributed by atoms with Crippen LogP contribution in [0.4, 0.5) is 5.82 Å². The van der Waals surface area contributed by atoms with Crippen LogP contribution in [0.25, 0.3) is 0 Å². The van der Waals surface area contributed by atoms with Gasteiger partial charge >= 0.3 is 0 Å². The third-order valence-electron chi connectivity index (χ3n) is 4.17. The fourth-order valence-corrected chi connectivity index (χ4v) is 3.03. The minimum absolute atomic E-state index is 0.310. The molecule has 0 aliphatic heterocycles. The number of nitrogens with zero attached hydrogens (tertiary/aromatic N) is 2. The fraction of sp³-hybridized carbons (Fsp3) is 0.733. The minimum atomic E-state index is -0.310.